The summed E-state index contributed by atoms with van der Waals surface area (Å²) in [5.41, 5.74) is -0.381. The van der Waals surface area contributed by atoms with Crippen molar-refractivity contribution in [2.24, 2.45) is 45.3 Å². The van der Waals surface area contributed by atoms with Gasteiger partial charge in [-0.05, 0) is 105 Å². The number of Topliss-reactive ketones (excluding diaryl/α,β-unsaturated/α-hetero) is 1. The lowest BCUT2D eigenvalue weighted by Gasteiger charge is -2.69. The minimum Gasteiger partial charge on any atom is -0.393 e. The third-order valence-electron chi connectivity index (χ3n) is 12.4. The Morgan fingerprint density at radius 2 is 1.71 bits per heavy atom. The van der Waals surface area contributed by atoms with Gasteiger partial charge in [-0.2, -0.15) is 0 Å². The highest BCUT2D eigenvalue weighted by atomic mass is 16.3. The van der Waals surface area contributed by atoms with Crippen molar-refractivity contribution in [3.05, 3.63) is 12.2 Å². The zero-order chi connectivity index (χ0) is 25.5. The van der Waals surface area contributed by atoms with Crippen LogP contribution in [0.1, 0.15) is 106 Å². The maximum absolute atomic E-state index is 12.9. The molecule has 0 aromatic rings. The van der Waals surface area contributed by atoms with Crippen LogP contribution >= 0.6 is 0 Å². The van der Waals surface area contributed by atoms with E-state index in [4.69, 9.17) is 0 Å². The average Bonchev–Trinajstić information content (AvgIpc) is 3.12. The summed E-state index contributed by atoms with van der Waals surface area (Å²) in [5.74, 6) is 1.25. The van der Waals surface area contributed by atoms with Crippen LogP contribution in [0.25, 0.3) is 0 Å². The average molecular weight is 475 g/mol. The third kappa shape index (κ3) is 3.52. The number of aliphatic hydroxyl groups is 3. The number of ketones is 1. The van der Waals surface area contributed by atoms with E-state index in [9.17, 15) is 20.1 Å². The summed E-state index contributed by atoms with van der Waals surface area (Å²) in [7, 11) is 0. The molecule has 4 aliphatic rings. The smallest absolute Gasteiger partial charge is 0.138 e. The van der Waals surface area contributed by atoms with E-state index in [0.29, 0.717) is 36.9 Å². The molecule has 3 N–H and O–H groups in total. The van der Waals surface area contributed by atoms with Crippen LogP contribution in [0.2, 0.25) is 0 Å². The fourth-order valence-electron chi connectivity index (χ4n) is 10.1. The zero-order valence-electron chi connectivity index (χ0n) is 22.8. The summed E-state index contributed by atoms with van der Waals surface area (Å²) in [4.78, 5) is 12.9. The maximum Gasteiger partial charge on any atom is 0.138 e. The normalized spacial score (nSPS) is 48.3. The van der Waals surface area contributed by atoms with E-state index in [1.165, 1.54) is 0 Å². The Morgan fingerprint density at radius 1 is 1.09 bits per heavy atom. The van der Waals surface area contributed by atoms with Crippen LogP contribution in [0.5, 0.6) is 0 Å². The van der Waals surface area contributed by atoms with Crippen molar-refractivity contribution in [2.45, 2.75) is 124 Å². The quantitative estimate of drug-likeness (QED) is 0.448. The predicted molar refractivity (Wildman–Crippen MR) is 136 cm³/mol. The first-order chi connectivity index (χ1) is 15.5. The Morgan fingerprint density at radius 3 is 2.32 bits per heavy atom. The molecule has 34 heavy (non-hydrogen) atoms. The van der Waals surface area contributed by atoms with Crippen LogP contribution in [0, 0.1) is 45.3 Å². The van der Waals surface area contributed by atoms with Crippen LogP contribution in [0.15, 0.2) is 12.2 Å². The summed E-state index contributed by atoms with van der Waals surface area (Å²) in [6.45, 7) is 19.2. The van der Waals surface area contributed by atoms with E-state index < -0.39 is 17.8 Å². The van der Waals surface area contributed by atoms with Crippen LogP contribution in [-0.2, 0) is 4.79 Å². The van der Waals surface area contributed by atoms with Crippen molar-refractivity contribution < 1.29 is 20.1 Å². The zero-order valence-corrected chi connectivity index (χ0v) is 22.8. The van der Waals surface area contributed by atoms with E-state index in [1.807, 2.05) is 13.8 Å². The van der Waals surface area contributed by atoms with E-state index >= 15 is 0 Å². The van der Waals surface area contributed by atoms with Gasteiger partial charge in [0.05, 0.1) is 17.8 Å². The third-order valence-corrected chi connectivity index (χ3v) is 12.4. The fraction of sp³-hybridized carbons (Fsp3) is 0.900. The molecule has 4 rings (SSSR count). The van der Waals surface area contributed by atoms with Gasteiger partial charge in [0.15, 0.2) is 0 Å². The van der Waals surface area contributed by atoms with Gasteiger partial charge >= 0.3 is 0 Å². The van der Waals surface area contributed by atoms with Gasteiger partial charge in [-0.3, -0.25) is 4.79 Å². The van der Waals surface area contributed by atoms with E-state index in [-0.39, 0.29) is 33.5 Å². The first kappa shape index (κ1) is 26.4. The van der Waals surface area contributed by atoms with Crippen molar-refractivity contribution in [3.8, 4) is 0 Å². The molecule has 0 unspecified atom stereocenters. The lowest BCUT2D eigenvalue weighted by Crippen LogP contribution is -2.66. The molecule has 0 aromatic carbocycles. The molecule has 4 saturated carbocycles. The van der Waals surface area contributed by atoms with Gasteiger partial charge in [0.2, 0.25) is 0 Å². The van der Waals surface area contributed by atoms with Crippen LogP contribution < -0.4 is 0 Å². The van der Waals surface area contributed by atoms with Crippen LogP contribution in [0.3, 0.4) is 0 Å². The highest BCUT2D eigenvalue weighted by Gasteiger charge is 2.71. The summed E-state index contributed by atoms with van der Waals surface area (Å²) >= 11 is 0. The summed E-state index contributed by atoms with van der Waals surface area (Å²) < 4.78 is 0. The van der Waals surface area contributed by atoms with Gasteiger partial charge in [0, 0.05) is 11.8 Å². The largest absolute Gasteiger partial charge is 0.393 e. The Bertz CT molecular complexity index is 845. The Kier molecular flexibility index (Phi) is 6.32. The monoisotopic (exact) mass is 474 g/mol. The lowest BCUT2D eigenvalue weighted by molar-refractivity contribution is -0.232. The SMILES string of the molecule is C=C(C)[C@H](O)CC[C@](C)(O)[C@H]1CC[C@]2(C)[C@@H]1[C@H](O)C[C@@H]1[C@@]3(C)CCC(=O)C(C)(C)[C@@H]3CC[C@]12C. The number of carbonyl (C=O) groups is 1. The molecule has 4 nitrogen and oxygen atoms in total. The minimum absolute atomic E-state index is 0.0255. The Labute approximate surface area is 207 Å². The molecule has 194 valence electrons. The summed E-state index contributed by atoms with van der Waals surface area (Å²) in [5, 5.41) is 33.7. The van der Waals surface area contributed by atoms with Crippen LogP contribution in [-0.4, -0.2) is 38.9 Å². The number of carbonyl (C=O) groups excluding carboxylic acids is 1. The molecule has 0 amide bonds. The topological polar surface area (TPSA) is 77.8 Å². The first-order valence-electron chi connectivity index (χ1n) is 13.8. The molecule has 0 saturated heterocycles. The maximum atomic E-state index is 12.9. The van der Waals surface area contributed by atoms with Gasteiger partial charge in [0.25, 0.3) is 0 Å². The molecule has 10 atom stereocenters. The van der Waals surface area contributed by atoms with Crippen LogP contribution in [0.4, 0.5) is 0 Å². The van der Waals surface area contributed by atoms with Crippen molar-refractivity contribution in [1.29, 1.82) is 0 Å². The van der Waals surface area contributed by atoms with Crippen molar-refractivity contribution in [2.75, 3.05) is 0 Å². The molecular weight excluding hydrogens is 424 g/mol. The van der Waals surface area contributed by atoms with Gasteiger partial charge in [-0.15, -0.1) is 0 Å². The second-order valence-electron chi connectivity index (χ2n) is 14.4. The van der Waals surface area contributed by atoms with E-state index in [0.717, 1.165) is 44.1 Å². The van der Waals surface area contributed by atoms with E-state index in [2.05, 4.69) is 41.2 Å². The Hall–Kier alpha value is -0.710. The molecule has 0 spiro atoms. The summed E-state index contributed by atoms with van der Waals surface area (Å²) in [6, 6.07) is 0. The van der Waals surface area contributed by atoms with Crippen molar-refractivity contribution in [3.63, 3.8) is 0 Å². The molecular formula is C30H50O4. The molecule has 4 aliphatic carbocycles. The van der Waals surface area contributed by atoms with Gasteiger partial charge in [0.1, 0.15) is 5.78 Å². The molecule has 0 bridgehead atoms. The summed E-state index contributed by atoms with van der Waals surface area (Å²) in [6.07, 6.45) is 6.46. The molecule has 4 fully saturated rings. The van der Waals surface area contributed by atoms with Gasteiger partial charge < -0.3 is 15.3 Å². The standard InChI is InChI=1S/C30H50O4/c1-18(2)20(31)10-16-30(8,34)19-9-14-29(7)25(19)21(32)17-23-27(5)13-12-24(33)26(3,4)22(27)11-15-28(23,29)6/h19-23,25,31-32,34H,1,9-17H2,2-8H3/t19-,20+,21+,22-,23+,25-,27-,28+,29+,30-/m0/s1. The van der Waals surface area contributed by atoms with E-state index in [1.54, 1.807) is 0 Å². The number of hydrogen-bond acceptors (Lipinski definition) is 4. The van der Waals surface area contributed by atoms with Gasteiger partial charge in [-0.25, -0.2) is 0 Å². The Balaban J connectivity index is 1.65. The second-order valence-corrected chi connectivity index (χ2v) is 14.4. The molecule has 0 aliphatic heterocycles. The van der Waals surface area contributed by atoms with Crippen molar-refractivity contribution in [1.82, 2.24) is 0 Å². The fourth-order valence-corrected chi connectivity index (χ4v) is 10.1. The molecule has 0 aromatic heterocycles. The molecule has 0 heterocycles. The molecule has 4 heteroatoms. The highest BCUT2D eigenvalue weighted by Crippen LogP contribution is 2.75. The highest BCUT2D eigenvalue weighted by molar-refractivity contribution is 5.85. The number of rotatable bonds is 5. The lowest BCUT2D eigenvalue weighted by atomic mass is 9.35. The van der Waals surface area contributed by atoms with Crippen molar-refractivity contribution >= 4 is 5.78 Å². The first-order valence-corrected chi connectivity index (χ1v) is 13.8. The minimum atomic E-state index is -0.927. The molecule has 0 radical (unpaired) electrons. The number of aliphatic hydroxyl groups excluding tert-OH is 2. The number of fused-ring (bicyclic) bond motifs is 5. The number of hydrogen-bond donors (Lipinski definition) is 3. The van der Waals surface area contributed by atoms with Gasteiger partial charge in [-0.1, -0.05) is 46.8 Å². The second kappa shape index (κ2) is 8.15. The predicted octanol–water partition coefficient (Wildman–Crippen LogP) is 5.68.